The third-order valence-electron chi connectivity index (χ3n) is 4.09. The lowest BCUT2D eigenvalue weighted by Gasteiger charge is -2.24. The molecule has 1 heteroatoms. The molecule has 0 nitrogen and oxygen atoms in total. The van der Waals surface area contributed by atoms with Crippen molar-refractivity contribution in [2.24, 2.45) is 0 Å². The molecule has 0 N–H and O–H groups in total. The van der Waals surface area contributed by atoms with Gasteiger partial charge in [0.1, 0.15) is 0 Å². The Balaban J connectivity index is 2.26. The van der Waals surface area contributed by atoms with Crippen LogP contribution >= 0.6 is 22.6 Å². The SMILES string of the molecule is Cc1ccc2c(c1)C(C)(C)C1=C2CCC(I)=C1. The van der Waals surface area contributed by atoms with Gasteiger partial charge >= 0.3 is 0 Å². The van der Waals surface area contributed by atoms with Gasteiger partial charge in [-0.05, 0) is 74.3 Å². The van der Waals surface area contributed by atoms with Crippen molar-refractivity contribution >= 4 is 28.2 Å². The fourth-order valence-corrected chi connectivity index (χ4v) is 3.70. The van der Waals surface area contributed by atoms with Crippen LogP contribution in [0.4, 0.5) is 0 Å². The van der Waals surface area contributed by atoms with Gasteiger partial charge in [-0.15, -0.1) is 0 Å². The zero-order valence-electron chi connectivity index (χ0n) is 10.6. The van der Waals surface area contributed by atoms with E-state index in [0.29, 0.717) is 0 Å². The lowest BCUT2D eigenvalue weighted by atomic mass is 9.80. The number of benzene rings is 1. The minimum absolute atomic E-state index is 0.188. The molecule has 3 rings (SSSR count). The van der Waals surface area contributed by atoms with E-state index in [-0.39, 0.29) is 5.41 Å². The van der Waals surface area contributed by atoms with E-state index in [2.05, 4.69) is 67.6 Å². The van der Waals surface area contributed by atoms with Crippen LogP contribution in [0.15, 0.2) is 33.4 Å². The zero-order valence-corrected chi connectivity index (χ0v) is 12.8. The Morgan fingerprint density at radius 1 is 1.18 bits per heavy atom. The Morgan fingerprint density at radius 2 is 1.94 bits per heavy atom. The number of halogens is 1. The molecule has 0 aliphatic heterocycles. The molecule has 2 aliphatic rings. The first-order chi connectivity index (χ1) is 8.00. The minimum Gasteiger partial charge on any atom is -0.0587 e. The van der Waals surface area contributed by atoms with Crippen LogP contribution in [-0.2, 0) is 5.41 Å². The molecule has 1 aromatic rings. The summed E-state index contributed by atoms with van der Waals surface area (Å²) in [5.74, 6) is 0. The molecular weight excluding hydrogens is 319 g/mol. The highest BCUT2D eigenvalue weighted by Gasteiger charge is 2.37. The van der Waals surface area contributed by atoms with Gasteiger partial charge in [0.05, 0.1) is 0 Å². The van der Waals surface area contributed by atoms with Crippen LogP contribution in [0.2, 0.25) is 0 Å². The molecule has 0 atom stereocenters. The van der Waals surface area contributed by atoms with Crippen LogP contribution in [0.5, 0.6) is 0 Å². The minimum atomic E-state index is 0.188. The predicted octanol–water partition coefficient (Wildman–Crippen LogP) is 5.15. The van der Waals surface area contributed by atoms with Gasteiger partial charge in [0.15, 0.2) is 0 Å². The molecule has 0 unspecified atom stereocenters. The van der Waals surface area contributed by atoms with Crippen LogP contribution in [-0.4, -0.2) is 0 Å². The molecule has 0 saturated heterocycles. The average molecular weight is 336 g/mol. The third kappa shape index (κ3) is 1.62. The van der Waals surface area contributed by atoms with Gasteiger partial charge in [-0.3, -0.25) is 0 Å². The highest BCUT2D eigenvalue weighted by molar-refractivity contribution is 14.1. The van der Waals surface area contributed by atoms with Crippen LogP contribution < -0.4 is 0 Å². The van der Waals surface area contributed by atoms with Gasteiger partial charge in [-0.2, -0.15) is 0 Å². The molecule has 17 heavy (non-hydrogen) atoms. The van der Waals surface area contributed by atoms with E-state index in [4.69, 9.17) is 0 Å². The summed E-state index contributed by atoms with van der Waals surface area (Å²) in [5, 5.41) is 0. The van der Waals surface area contributed by atoms with Crippen LogP contribution in [0.25, 0.3) is 5.57 Å². The molecule has 0 spiro atoms. The first kappa shape index (κ1) is 11.5. The van der Waals surface area contributed by atoms with E-state index >= 15 is 0 Å². The van der Waals surface area contributed by atoms with E-state index < -0.39 is 0 Å². The van der Waals surface area contributed by atoms with Crippen molar-refractivity contribution in [3.05, 3.63) is 50.1 Å². The van der Waals surface area contributed by atoms with Gasteiger partial charge in [0, 0.05) is 5.41 Å². The molecule has 0 aromatic heterocycles. The van der Waals surface area contributed by atoms with Crippen molar-refractivity contribution in [3.63, 3.8) is 0 Å². The standard InChI is InChI=1S/C16H17I/c1-10-4-6-12-13-7-5-11(17)9-15(13)16(2,3)14(12)8-10/h4,6,8-9H,5,7H2,1-3H3. The molecule has 88 valence electrons. The highest BCUT2D eigenvalue weighted by atomic mass is 127. The Morgan fingerprint density at radius 3 is 2.71 bits per heavy atom. The smallest absolute Gasteiger partial charge is 0.0155 e. The monoisotopic (exact) mass is 336 g/mol. The van der Waals surface area contributed by atoms with Crippen LogP contribution in [0.1, 0.15) is 43.4 Å². The molecule has 0 saturated carbocycles. The normalized spacial score (nSPS) is 21.1. The second-order valence-electron chi connectivity index (χ2n) is 5.66. The summed E-state index contributed by atoms with van der Waals surface area (Å²) in [5.41, 5.74) is 7.71. The summed E-state index contributed by atoms with van der Waals surface area (Å²) in [7, 11) is 0. The number of rotatable bonds is 0. The van der Waals surface area contributed by atoms with Gasteiger partial charge in [0.25, 0.3) is 0 Å². The first-order valence-electron chi connectivity index (χ1n) is 6.21. The zero-order chi connectivity index (χ0) is 12.2. The maximum atomic E-state index is 2.48. The van der Waals surface area contributed by atoms with Gasteiger partial charge in [0.2, 0.25) is 0 Å². The van der Waals surface area contributed by atoms with Gasteiger partial charge in [-0.25, -0.2) is 0 Å². The fourth-order valence-electron chi connectivity index (χ4n) is 3.12. The van der Waals surface area contributed by atoms with Crippen molar-refractivity contribution in [2.45, 2.75) is 39.0 Å². The van der Waals surface area contributed by atoms with Gasteiger partial charge < -0.3 is 0 Å². The van der Waals surface area contributed by atoms with E-state index in [9.17, 15) is 0 Å². The third-order valence-corrected chi connectivity index (χ3v) is 4.94. The lowest BCUT2D eigenvalue weighted by molar-refractivity contribution is 0.650. The van der Waals surface area contributed by atoms with E-state index in [1.807, 2.05) is 0 Å². The van der Waals surface area contributed by atoms with Crippen molar-refractivity contribution in [2.75, 3.05) is 0 Å². The largest absolute Gasteiger partial charge is 0.0587 e. The molecule has 0 heterocycles. The van der Waals surface area contributed by atoms with Crippen LogP contribution in [0, 0.1) is 6.92 Å². The molecule has 0 fully saturated rings. The number of aryl methyl sites for hydroxylation is 1. The molecule has 2 aliphatic carbocycles. The van der Waals surface area contributed by atoms with Crippen molar-refractivity contribution in [1.82, 2.24) is 0 Å². The Labute approximate surface area is 117 Å². The van der Waals surface area contributed by atoms with E-state index in [0.717, 1.165) is 0 Å². The van der Waals surface area contributed by atoms with Crippen molar-refractivity contribution < 1.29 is 0 Å². The summed E-state index contributed by atoms with van der Waals surface area (Å²) in [6.45, 7) is 6.91. The predicted molar refractivity (Wildman–Crippen MR) is 82.5 cm³/mol. The maximum absolute atomic E-state index is 2.48. The second-order valence-corrected chi connectivity index (χ2v) is 7.04. The molecule has 0 bridgehead atoms. The molecule has 1 aromatic carbocycles. The number of hydrogen-bond acceptors (Lipinski definition) is 0. The highest BCUT2D eigenvalue weighted by Crippen LogP contribution is 2.51. The van der Waals surface area contributed by atoms with Gasteiger partial charge in [-0.1, -0.05) is 37.6 Å². The summed E-state index contributed by atoms with van der Waals surface area (Å²) in [6.07, 6.45) is 4.83. The van der Waals surface area contributed by atoms with E-state index in [1.54, 1.807) is 11.1 Å². The average Bonchev–Trinajstić information content (AvgIpc) is 2.49. The molecule has 0 radical (unpaired) electrons. The summed E-state index contributed by atoms with van der Waals surface area (Å²) in [4.78, 5) is 0. The summed E-state index contributed by atoms with van der Waals surface area (Å²) < 4.78 is 1.50. The molecule has 0 amide bonds. The number of hydrogen-bond donors (Lipinski definition) is 0. The first-order valence-corrected chi connectivity index (χ1v) is 7.29. The van der Waals surface area contributed by atoms with Crippen molar-refractivity contribution in [1.29, 1.82) is 0 Å². The Kier molecular flexibility index (Phi) is 2.51. The lowest BCUT2D eigenvalue weighted by Crippen LogP contribution is -2.17. The quantitative estimate of drug-likeness (QED) is 0.575. The summed E-state index contributed by atoms with van der Waals surface area (Å²) in [6, 6.07) is 6.93. The topological polar surface area (TPSA) is 0 Å². The molecular formula is C16H17I. The fraction of sp³-hybridized carbons (Fsp3) is 0.375. The Hall–Kier alpha value is -0.570. The second kappa shape index (κ2) is 3.71. The number of allylic oxidation sites excluding steroid dienone is 4. The Bertz CT molecular complexity index is 559. The van der Waals surface area contributed by atoms with Crippen molar-refractivity contribution in [3.8, 4) is 0 Å². The maximum Gasteiger partial charge on any atom is 0.0155 e. The van der Waals surface area contributed by atoms with E-state index in [1.165, 1.54) is 33.1 Å². The summed E-state index contributed by atoms with van der Waals surface area (Å²) >= 11 is 2.48. The number of fused-ring (bicyclic) bond motifs is 2. The van der Waals surface area contributed by atoms with Crippen LogP contribution in [0.3, 0.4) is 0 Å².